The van der Waals surface area contributed by atoms with Crippen molar-refractivity contribution in [1.29, 1.82) is 0 Å². The zero-order chi connectivity index (χ0) is 26.2. The van der Waals surface area contributed by atoms with Crippen LogP contribution in [0.4, 0.5) is 10.7 Å². The van der Waals surface area contributed by atoms with Crippen molar-refractivity contribution in [2.75, 3.05) is 23.9 Å². The van der Waals surface area contributed by atoms with E-state index in [1.54, 1.807) is 7.05 Å². The molecule has 2 heterocycles. The summed E-state index contributed by atoms with van der Waals surface area (Å²) in [7, 11) is -1.36. The first kappa shape index (κ1) is 25.7. The van der Waals surface area contributed by atoms with Gasteiger partial charge in [-0.15, -0.1) is 11.3 Å². The second-order valence-electron chi connectivity index (χ2n) is 7.99. The van der Waals surface area contributed by atoms with E-state index in [0.29, 0.717) is 16.6 Å². The van der Waals surface area contributed by atoms with E-state index in [-0.39, 0.29) is 21.1 Å². The number of aryl methyl sites for hydroxylation is 2. The molecular weight excluding hydrogens is 532 g/mol. The van der Waals surface area contributed by atoms with Gasteiger partial charge in [0, 0.05) is 24.1 Å². The zero-order valence-electron chi connectivity index (χ0n) is 19.1. The number of aromatic nitrogens is 1. The molecule has 0 unspecified atom stereocenters. The SMILES string of the molecule is COC(=O)c1c(NC(=O)CS(=O)(=O)CC(=O)N=c2sc3cc([N+](=O)[O-])ccc3n2C)sc2c1CCC2. The number of rotatable bonds is 7. The Morgan fingerprint density at radius 3 is 2.67 bits per heavy atom. The second-order valence-corrected chi connectivity index (χ2v) is 12.2. The number of nitrogens with zero attached hydrogens (tertiary/aromatic N) is 3. The van der Waals surface area contributed by atoms with Gasteiger partial charge in [0.2, 0.25) is 5.91 Å². The molecule has 0 radical (unpaired) electrons. The monoisotopic (exact) mass is 552 g/mol. The standard InChI is InChI=1S/C21H20N4O8S3/c1-24-13-7-6-11(25(29)30)8-15(13)35-21(24)23-17(27)10-36(31,32)9-16(26)22-19-18(20(28)33-2)12-4-3-5-14(12)34-19/h6-8H,3-5,9-10H2,1-2H3,(H,22,26). The number of nitrogens with one attached hydrogen (secondary N) is 1. The van der Waals surface area contributed by atoms with Crippen LogP contribution >= 0.6 is 22.7 Å². The fourth-order valence-electron chi connectivity index (χ4n) is 3.89. The van der Waals surface area contributed by atoms with Gasteiger partial charge in [0.1, 0.15) is 16.5 Å². The number of fused-ring (bicyclic) bond motifs is 2. The molecule has 0 saturated carbocycles. The topological polar surface area (TPSA) is 167 Å². The number of sulfone groups is 1. The van der Waals surface area contributed by atoms with Gasteiger partial charge < -0.3 is 14.6 Å². The van der Waals surface area contributed by atoms with Crippen molar-refractivity contribution in [3.8, 4) is 0 Å². The van der Waals surface area contributed by atoms with Crippen LogP contribution in [-0.2, 0) is 44.1 Å². The Labute approximate surface area is 212 Å². The number of hydrogen-bond acceptors (Lipinski definition) is 10. The van der Waals surface area contributed by atoms with Gasteiger partial charge in [-0.25, -0.2) is 13.2 Å². The number of nitro groups is 1. The Balaban J connectivity index is 1.48. The average Bonchev–Trinajstić information content (AvgIpc) is 3.45. The molecule has 1 aliphatic carbocycles. The number of benzene rings is 1. The summed E-state index contributed by atoms with van der Waals surface area (Å²) < 4.78 is 31.9. The number of esters is 1. The number of non-ortho nitro benzene ring substituents is 1. The van der Waals surface area contributed by atoms with E-state index in [0.717, 1.165) is 34.6 Å². The van der Waals surface area contributed by atoms with E-state index in [1.165, 1.54) is 41.2 Å². The third kappa shape index (κ3) is 5.22. The smallest absolute Gasteiger partial charge is 0.341 e. The molecule has 0 saturated heterocycles. The number of methoxy groups -OCH3 is 1. The summed E-state index contributed by atoms with van der Waals surface area (Å²) in [6, 6.07) is 4.17. The van der Waals surface area contributed by atoms with Crippen LogP contribution in [0.5, 0.6) is 0 Å². The Hall–Kier alpha value is -3.43. The molecule has 0 atom stereocenters. The molecule has 12 nitrogen and oxygen atoms in total. The van der Waals surface area contributed by atoms with E-state index in [9.17, 15) is 32.9 Å². The van der Waals surface area contributed by atoms with E-state index in [4.69, 9.17) is 4.74 Å². The number of carbonyl (C=O) groups excluding carboxylic acids is 3. The minimum Gasteiger partial charge on any atom is -0.465 e. The van der Waals surface area contributed by atoms with Gasteiger partial charge >= 0.3 is 5.97 Å². The number of amides is 2. The molecule has 2 aromatic heterocycles. The minimum atomic E-state index is -4.18. The maximum atomic E-state index is 12.5. The van der Waals surface area contributed by atoms with Gasteiger partial charge in [-0.1, -0.05) is 11.3 Å². The van der Waals surface area contributed by atoms with Crippen LogP contribution < -0.4 is 10.1 Å². The summed E-state index contributed by atoms with van der Waals surface area (Å²) >= 11 is 2.21. The lowest BCUT2D eigenvalue weighted by Crippen LogP contribution is -2.28. The first-order valence-electron chi connectivity index (χ1n) is 10.5. The fourth-order valence-corrected chi connectivity index (χ4v) is 7.27. The van der Waals surface area contributed by atoms with Crippen LogP contribution in [0.15, 0.2) is 23.2 Å². The molecule has 3 aromatic rings. The van der Waals surface area contributed by atoms with Gasteiger partial charge in [0.25, 0.3) is 11.6 Å². The largest absolute Gasteiger partial charge is 0.465 e. The van der Waals surface area contributed by atoms with Crippen LogP contribution in [0.2, 0.25) is 0 Å². The predicted octanol–water partition coefficient (Wildman–Crippen LogP) is 1.97. The highest BCUT2D eigenvalue weighted by atomic mass is 32.2. The van der Waals surface area contributed by atoms with Crippen molar-refractivity contribution in [2.24, 2.45) is 12.0 Å². The summed E-state index contributed by atoms with van der Waals surface area (Å²) in [5.41, 5.74) is 1.51. The third-order valence-electron chi connectivity index (χ3n) is 5.48. The van der Waals surface area contributed by atoms with Crippen molar-refractivity contribution in [1.82, 2.24) is 4.57 Å². The molecular formula is C21H20N4O8S3. The summed E-state index contributed by atoms with van der Waals surface area (Å²) in [4.78, 5) is 52.5. The first-order chi connectivity index (χ1) is 17.0. The van der Waals surface area contributed by atoms with Gasteiger partial charge in [-0.3, -0.25) is 19.7 Å². The lowest BCUT2D eigenvalue weighted by Gasteiger charge is -2.07. The molecule has 0 spiro atoms. The predicted molar refractivity (Wildman–Crippen MR) is 133 cm³/mol. The second kappa shape index (κ2) is 9.91. The summed E-state index contributed by atoms with van der Waals surface area (Å²) in [5.74, 6) is -4.44. The number of anilines is 1. The Morgan fingerprint density at radius 1 is 1.22 bits per heavy atom. The molecule has 2 amide bonds. The van der Waals surface area contributed by atoms with E-state index in [2.05, 4.69) is 10.3 Å². The molecule has 36 heavy (non-hydrogen) atoms. The van der Waals surface area contributed by atoms with Crippen molar-refractivity contribution in [3.05, 3.63) is 49.1 Å². The van der Waals surface area contributed by atoms with Crippen LogP contribution in [-0.4, -0.2) is 54.3 Å². The Morgan fingerprint density at radius 2 is 1.97 bits per heavy atom. The highest BCUT2D eigenvalue weighted by Crippen LogP contribution is 2.39. The quantitative estimate of drug-likeness (QED) is 0.264. The van der Waals surface area contributed by atoms with Gasteiger partial charge in [0.05, 0.1) is 27.8 Å². The fraction of sp³-hybridized carbons (Fsp3) is 0.333. The molecule has 0 aliphatic heterocycles. The maximum Gasteiger partial charge on any atom is 0.341 e. The van der Waals surface area contributed by atoms with Crippen LogP contribution in [0, 0.1) is 10.1 Å². The van der Waals surface area contributed by atoms with Gasteiger partial charge in [-0.05, 0) is 30.9 Å². The van der Waals surface area contributed by atoms with Crippen molar-refractivity contribution >= 4 is 71.2 Å². The molecule has 1 aliphatic rings. The zero-order valence-corrected chi connectivity index (χ0v) is 21.5. The molecule has 1 N–H and O–H groups in total. The van der Waals surface area contributed by atoms with Crippen molar-refractivity contribution in [3.63, 3.8) is 0 Å². The molecule has 4 rings (SSSR count). The van der Waals surface area contributed by atoms with E-state index in [1.807, 2.05) is 0 Å². The molecule has 0 fully saturated rings. The maximum absolute atomic E-state index is 12.5. The number of nitro benzene ring substituents is 1. The number of thiophene rings is 1. The van der Waals surface area contributed by atoms with Crippen LogP contribution in [0.3, 0.4) is 0 Å². The Kier molecular flexibility index (Phi) is 7.06. The lowest BCUT2D eigenvalue weighted by atomic mass is 10.1. The van der Waals surface area contributed by atoms with Crippen LogP contribution in [0.1, 0.15) is 27.2 Å². The van der Waals surface area contributed by atoms with Crippen LogP contribution in [0.25, 0.3) is 10.2 Å². The highest BCUT2D eigenvalue weighted by molar-refractivity contribution is 7.92. The third-order valence-corrected chi connectivity index (χ3v) is 9.17. The molecule has 190 valence electrons. The number of thiazole rings is 1. The summed E-state index contributed by atoms with van der Waals surface area (Å²) in [6.07, 6.45) is 2.31. The average molecular weight is 553 g/mol. The summed E-state index contributed by atoms with van der Waals surface area (Å²) in [6.45, 7) is 0. The lowest BCUT2D eigenvalue weighted by molar-refractivity contribution is -0.384. The molecule has 15 heteroatoms. The minimum absolute atomic E-state index is 0.123. The number of ether oxygens (including phenoxy) is 1. The highest BCUT2D eigenvalue weighted by Gasteiger charge is 2.29. The molecule has 0 bridgehead atoms. The Bertz CT molecular complexity index is 1600. The van der Waals surface area contributed by atoms with E-state index >= 15 is 0 Å². The number of hydrogen-bond donors (Lipinski definition) is 1. The van der Waals surface area contributed by atoms with Crippen molar-refractivity contribution in [2.45, 2.75) is 19.3 Å². The van der Waals surface area contributed by atoms with Crippen molar-refractivity contribution < 1.29 is 32.5 Å². The van der Waals surface area contributed by atoms with Gasteiger partial charge in [-0.2, -0.15) is 4.99 Å². The normalized spacial score (nSPS) is 13.6. The number of carbonyl (C=O) groups is 3. The summed E-state index contributed by atoms with van der Waals surface area (Å²) in [5, 5.41) is 13.7. The first-order valence-corrected chi connectivity index (χ1v) is 14.0. The van der Waals surface area contributed by atoms with E-state index < -0.39 is 44.0 Å². The van der Waals surface area contributed by atoms with Gasteiger partial charge in [0.15, 0.2) is 14.6 Å². The molecule has 1 aromatic carbocycles.